The van der Waals surface area contributed by atoms with E-state index in [1.807, 2.05) is 31.2 Å². The first kappa shape index (κ1) is 16.0. The zero-order valence-corrected chi connectivity index (χ0v) is 14.0. The zero-order chi connectivity index (χ0) is 17.1. The molecule has 6 nitrogen and oxygen atoms in total. The van der Waals surface area contributed by atoms with Gasteiger partial charge in [0.1, 0.15) is 5.75 Å². The van der Waals surface area contributed by atoms with Gasteiger partial charge in [0, 0.05) is 10.7 Å². The molecule has 3 aromatic rings. The minimum Gasteiger partial charge on any atom is -0.496 e. The highest BCUT2D eigenvalue weighted by Crippen LogP contribution is 2.31. The van der Waals surface area contributed by atoms with Crippen LogP contribution in [0.3, 0.4) is 0 Å². The molecule has 0 aliphatic heterocycles. The molecule has 1 heterocycles. The number of benzene rings is 2. The number of aromatic nitrogens is 3. The second-order valence-electron chi connectivity index (χ2n) is 5.18. The summed E-state index contributed by atoms with van der Waals surface area (Å²) >= 11 is 6.07. The Bertz CT molecular complexity index is 867. The monoisotopic (exact) mass is 341 g/mol. The molecular weight excluding hydrogens is 326 g/mol. The van der Waals surface area contributed by atoms with Crippen LogP contribution in [0, 0.1) is 6.92 Å². The Balaban J connectivity index is 2.00. The van der Waals surface area contributed by atoms with E-state index in [2.05, 4.69) is 20.3 Å². The molecule has 0 amide bonds. The largest absolute Gasteiger partial charge is 0.496 e. The number of rotatable bonds is 4. The van der Waals surface area contributed by atoms with E-state index < -0.39 is 0 Å². The van der Waals surface area contributed by atoms with Gasteiger partial charge in [0.05, 0.1) is 12.7 Å². The molecule has 0 saturated heterocycles. The molecule has 0 aliphatic carbocycles. The van der Waals surface area contributed by atoms with Crippen molar-refractivity contribution < 1.29 is 4.74 Å². The molecule has 0 radical (unpaired) electrons. The Hall–Kier alpha value is -2.86. The van der Waals surface area contributed by atoms with Gasteiger partial charge in [-0.25, -0.2) is 0 Å². The van der Waals surface area contributed by atoms with Gasteiger partial charge < -0.3 is 15.8 Å². The number of hydrogen-bond donors (Lipinski definition) is 2. The topological polar surface area (TPSA) is 86.0 Å². The third-order valence-corrected chi connectivity index (χ3v) is 3.60. The molecule has 0 fully saturated rings. The van der Waals surface area contributed by atoms with Gasteiger partial charge in [0.15, 0.2) is 5.82 Å². The first-order valence-corrected chi connectivity index (χ1v) is 7.62. The van der Waals surface area contributed by atoms with Crippen LogP contribution < -0.4 is 15.8 Å². The lowest BCUT2D eigenvalue weighted by atomic mass is 10.2. The van der Waals surface area contributed by atoms with E-state index in [-0.39, 0.29) is 5.95 Å². The molecule has 122 valence electrons. The molecule has 0 atom stereocenters. The molecule has 0 aliphatic rings. The number of nitrogens with one attached hydrogen (secondary N) is 1. The maximum atomic E-state index is 6.07. The number of anilines is 3. The van der Waals surface area contributed by atoms with Gasteiger partial charge in [0.2, 0.25) is 11.9 Å². The van der Waals surface area contributed by atoms with Crippen LogP contribution in [0.5, 0.6) is 5.75 Å². The zero-order valence-electron chi connectivity index (χ0n) is 13.2. The first-order valence-electron chi connectivity index (χ1n) is 7.24. The Morgan fingerprint density at radius 3 is 2.50 bits per heavy atom. The Morgan fingerprint density at radius 1 is 1.04 bits per heavy atom. The number of halogens is 1. The maximum Gasteiger partial charge on any atom is 0.232 e. The summed E-state index contributed by atoms with van der Waals surface area (Å²) in [6, 6.07) is 13.1. The van der Waals surface area contributed by atoms with E-state index in [0.29, 0.717) is 28.1 Å². The molecule has 3 N–H and O–H groups in total. The fourth-order valence-electron chi connectivity index (χ4n) is 2.19. The van der Waals surface area contributed by atoms with Gasteiger partial charge in [-0.2, -0.15) is 15.0 Å². The van der Waals surface area contributed by atoms with Crippen molar-refractivity contribution in [2.24, 2.45) is 0 Å². The summed E-state index contributed by atoms with van der Waals surface area (Å²) in [5.41, 5.74) is 8.50. The molecule has 0 unspecified atom stereocenters. The van der Waals surface area contributed by atoms with Gasteiger partial charge >= 0.3 is 0 Å². The van der Waals surface area contributed by atoms with E-state index in [4.69, 9.17) is 22.1 Å². The number of aryl methyl sites for hydroxylation is 1. The third-order valence-electron chi connectivity index (χ3n) is 3.36. The number of ether oxygens (including phenoxy) is 1. The second kappa shape index (κ2) is 6.72. The summed E-state index contributed by atoms with van der Waals surface area (Å²) in [5.74, 6) is 1.45. The molecule has 3 rings (SSSR count). The van der Waals surface area contributed by atoms with Crippen LogP contribution in [0.1, 0.15) is 5.56 Å². The smallest absolute Gasteiger partial charge is 0.232 e. The van der Waals surface area contributed by atoms with Crippen molar-refractivity contribution in [3.8, 4) is 17.1 Å². The quantitative estimate of drug-likeness (QED) is 0.750. The van der Waals surface area contributed by atoms with E-state index in [9.17, 15) is 0 Å². The Labute approximate surface area is 144 Å². The Kier molecular flexibility index (Phi) is 4.48. The molecular formula is C17H16ClN5O. The third kappa shape index (κ3) is 3.55. The number of nitrogen functional groups attached to an aromatic ring is 1. The fourth-order valence-corrected chi connectivity index (χ4v) is 2.36. The minimum absolute atomic E-state index is 0.108. The molecule has 0 spiro atoms. The normalized spacial score (nSPS) is 10.5. The van der Waals surface area contributed by atoms with Crippen molar-refractivity contribution in [2.75, 3.05) is 18.2 Å². The van der Waals surface area contributed by atoms with Crippen molar-refractivity contribution >= 4 is 29.2 Å². The van der Waals surface area contributed by atoms with Crippen LogP contribution in [-0.4, -0.2) is 22.1 Å². The summed E-state index contributed by atoms with van der Waals surface area (Å²) in [5, 5.41) is 3.67. The number of methoxy groups -OCH3 is 1. The van der Waals surface area contributed by atoms with Crippen LogP contribution in [0.4, 0.5) is 17.6 Å². The predicted octanol–water partition coefficient (Wildman–Crippen LogP) is 3.83. The second-order valence-corrected chi connectivity index (χ2v) is 5.61. The lowest BCUT2D eigenvalue weighted by molar-refractivity contribution is 0.416. The molecule has 0 bridgehead atoms. The van der Waals surface area contributed by atoms with E-state index in [1.165, 1.54) is 5.56 Å². The van der Waals surface area contributed by atoms with Crippen LogP contribution in [-0.2, 0) is 0 Å². The lowest BCUT2D eigenvalue weighted by Crippen LogP contribution is -2.05. The van der Waals surface area contributed by atoms with Gasteiger partial charge in [-0.05, 0) is 37.3 Å². The van der Waals surface area contributed by atoms with Crippen molar-refractivity contribution in [1.29, 1.82) is 0 Å². The van der Waals surface area contributed by atoms with E-state index in [1.54, 1.807) is 25.3 Å². The van der Waals surface area contributed by atoms with Crippen LogP contribution in [0.2, 0.25) is 5.02 Å². The SMILES string of the molecule is COc1ccc(Cl)cc1-c1nc(N)nc(Nc2ccc(C)cc2)n1. The molecule has 2 aromatic carbocycles. The fraction of sp³-hybridized carbons (Fsp3) is 0.118. The summed E-state index contributed by atoms with van der Waals surface area (Å²) < 4.78 is 5.35. The van der Waals surface area contributed by atoms with Crippen molar-refractivity contribution in [2.45, 2.75) is 6.92 Å². The lowest BCUT2D eigenvalue weighted by Gasteiger charge is -2.10. The average Bonchev–Trinajstić information content (AvgIpc) is 2.56. The van der Waals surface area contributed by atoms with Crippen molar-refractivity contribution in [1.82, 2.24) is 15.0 Å². The highest BCUT2D eigenvalue weighted by atomic mass is 35.5. The Morgan fingerprint density at radius 2 is 1.79 bits per heavy atom. The van der Waals surface area contributed by atoms with Crippen LogP contribution >= 0.6 is 11.6 Å². The predicted molar refractivity (Wildman–Crippen MR) is 95.7 cm³/mol. The standard InChI is InChI=1S/C17H16ClN5O/c1-10-3-6-12(7-4-10)20-17-22-15(21-16(19)23-17)13-9-11(18)5-8-14(13)24-2/h3-9H,1-2H3,(H3,19,20,21,22,23). The minimum atomic E-state index is 0.108. The summed E-state index contributed by atoms with van der Waals surface area (Å²) in [6.45, 7) is 2.02. The van der Waals surface area contributed by atoms with Gasteiger partial charge in [-0.3, -0.25) is 0 Å². The summed E-state index contributed by atoms with van der Waals surface area (Å²) in [6.07, 6.45) is 0. The van der Waals surface area contributed by atoms with Crippen molar-refractivity contribution in [3.63, 3.8) is 0 Å². The van der Waals surface area contributed by atoms with Crippen LogP contribution in [0.15, 0.2) is 42.5 Å². The van der Waals surface area contributed by atoms with Gasteiger partial charge in [-0.15, -0.1) is 0 Å². The first-order chi connectivity index (χ1) is 11.5. The average molecular weight is 342 g/mol. The summed E-state index contributed by atoms with van der Waals surface area (Å²) in [7, 11) is 1.57. The van der Waals surface area contributed by atoms with Gasteiger partial charge in [-0.1, -0.05) is 29.3 Å². The molecule has 1 aromatic heterocycles. The number of nitrogens with zero attached hydrogens (tertiary/aromatic N) is 3. The molecule has 7 heteroatoms. The number of nitrogens with two attached hydrogens (primary N) is 1. The summed E-state index contributed by atoms with van der Waals surface area (Å²) in [4.78, 5) is 12.7. The molecule has 24 heavy (non-hydrogen) atoms. The molecule has 0 saturated carbocycles. The number of hydrogen-bond acceptors (Lipinski definition) is 6. The van der Waals surface area contributed by atoms with E-state index >= 15 is 0 Å². The van der Waals surface area contributed by atoms with Gasteiger partial charge in [0.25, 0.3) is 0 Å². The maximum absolute atomic E-state index is 6.07. The highest BCUT2D eigenvalue weighted by molar-refractivity contribution is 6.30. The van der Waals surface area contributed by atoms with Crippen LogP contribution in [0.25, 0.3) is 11.4 Å². The van der Waals surface area contributed by atoms with E-state index in [0.717, 1.165) is 5.69 Å². The highest BCUT2D eigenvalue weighted by Gasteiger charge is 2.13. The van der Waals surface area contributed by atoms with Crippen molar-refractivity contribution in [3.05, 3.63) is 53.1 Å².